The number of rotatable bonds is 7. The lowest BCUT2D eigenvalue weighted by Crippen LogP contribution is -2.25. The van der Waals surface area contributed by atoms with Crippen LogP contribution in [-0.4, -0.2) is 36.0 Å². The third kappa shape index (κ3) is 4.84. The smallest absolute Gasteiger partial charge is 0.341 e. The summed E-state index contributed by atoms with van der Waals surface area (Å²) in [6.45, 7) is 0.585. The van der Waals surface area contributed by atoms with Gasteiger partial charge >= 0.3 is 5.97 Å². The number of hydrogen-bond donors (Lipinski definition) is 2. The molecule has 1 heterocycles. The van der Waals surface area contributed by atoms with Gasteiger partial charge in [-0.3, -0.25) is 9.59 Å². The zero-order valence-electron chi connectivity index (χ0n) is 14.7. The monoisotopic (exact) mass is 368 g/mol. The molecule has 0 aliphatic carbocycles. The second kappa shape index (κ2) is 8.35. The Kier molecular flexibility index (Phi) is 5.71. The van der Waals surface area contributed by atoms with Crippen LogP contribution in [0.2, 0.25) is 0 Å². The minimum atomic E-state index is -1.05. The molecule has 27 heavy (non-hydrogen) atoms. The maximum atomic E-state index is 12.3. The van der Waals surface area contributed by atoms with E-state index < -0.39 is 12.6 Å². The van der Waals surface area contributed by atoms with Crippen molar-refractivity contribution >= 4 is 23.5 Å². The topological polar surface area (TPSA) is 95.9 Å². The first-order chi connectivity index (χ1) is 13.0. The van der Waals surface area contributed by atoms with Crippen LogP contribution in [0.25, 0.3) is 0 Å². The van der Waals surface area contributed by atoms with E-state index in [-0.39, 0.29) is 18.4 Å². The van der Waals surface area contributed by atoms with Crippen molar-refractivity contribution < 1.29 is 24.2 Å². The quantitative estimate of drug-likeness (QED) is 0.781. The third-order valence-electron chi connectivity index (χ3n) is 4.23. The Morgan fingerprint density at radius 1 is 1.15 bits per heavy atom. The molecule has 1 aliphatic rings. The van der Waals surface area contributed by atoms with E-state index in [0.29, 0.717) is 24.3 Å². The standard InChI is InChI=1S/C20H20N2O5/c23-18-5-2-10-22(18)16-8-6-15(7-9-16)20(26)21-12-14-3-1-4-17(11-14)27-13-19(24)25/h1,3-4,6-9,11H,2,5,10,12-13H2,(H,21,26)(H,24,25). The van der Waals surface area contributed by atoms with Crippen molar-refractivity contribution in [2.24, 2.45) is 0 Å². The van der Waals surface area contributed by atoms with Gasteiger partial charge in [-0.25, -0.2) is 4.79 Å². The van der Waals surface area contributed by atoms with Crippen molar-refractivity contribution in [2.45, 2.75) is 19.4 Å². The molecule has 0 saturated carbocycles. The van der Waals surface area contributed by atoms with Gasteiger partial charge in [0.05, 0.1) is 0 Å². The number of carboxylic acids is 1. The predicted octanol–water partition coefficient (Wildman–Crippen LogP) is 2.21. The Balaban J connectivity index is 1.57. The SMILES string of the molecule is O=C(O)COc1cccc(CNC(=O)c2ccc(N3CCCC3=O)cc2)c1. The second-order valence-electron chi connectivity index (χ2n) is 6.21. The number of benzene rings is 2. The van der Waals surface area contributed by atoms with Crippen LogP contribution >= 0.6 is 0 Å². The number of nitrogens with zero attached hydrogens (tertiary/aromatic N) is 1. The Morgan fingerprint density at radius 3 is 2.59 bits per heavy atom. The molecule has 0 unspecified atom stereocenters. The fraction of sp³-hybridized carbons (Fsp3) is 0.250. The molecule has 1 fully saturated rings. The molecule has 0 bridgehead atoms. The summed E-state index contributed by atoms with van der Waals surface area (Å²) in [5.41, 5.74) is 2.10. The van der Waals surface area contributed by atoms with Gasteiger partial charge in [0.1, 0.15) is 5.75 Å². The molecule has 7 heteroatoms. The van der Waals surface area contributed by atoms with Gasteiger partial charge in [0.15, 0.2) is 6.61 Å². The molecule has 3 rings (SSSR count). The van der Waals surface area contributed by atoms with Gasteiger partial charge in [-0.05, 0) is 48.4 Å². The van der Waals surface area contributed by atoms with E-state index in [0.717, 1.165) is 17.7 Å². The highest BCUT2D eigenvalue weighted by Gasteiger charge is 2.21. The second-order valence-corrected chi connectivity index (χ2v) is 6.21. The number of nitrogens with one attached hydrogen (secondary N) is 1. The van der Waals surface area contributed by atoms with Crippen LogP contribution in [0.4, 0.5) is 5.69 Å². The third-order valence-corrected chi connectivity index (χ3v) is 4.23. The number of ether oxygens (including phenoxy) is 1. The number of hydrogen-bond acceptors (Lipinski definition) is 4. The Hall–Kier alpha value is -3.35. The number of carbonyl (C=O) groups is 3. The highest BCUT2D eigenvalue weighted by Crippen LogP contribution is 2.21. The van der Waals surface area contributed by atoms with Crippen LogP contribution in [0.5, 0.6) is 5.75 Å². The lowest BCUT2D eigenvalue weighted by atomic mass is 10.1. The number of aliphatic carboxylic acids is 1. The molecule has 1 saturated heterocycles. The van der Waals surface area contributed by atoms with E-state index in [1.54, 1.807) is 47.4 Å². The first-order valence-corrected chi connectivity index (χ1v) is 8.65. The van der Waals surface area contributed by atoms with Crippen LogP contribution in [0, 0.1) is 0 Å². The van der Waals surface area contributed by atoms with Crippen molar-refractivity contribution in [1.29, 1.82) is 0 Å². The van der Waals surface area contributed by atoms with Crippen LogP contribution in [0.1, 0.15) is 28.8 Å². The molecule has 0 aromatic heterocycles. The molecule has 0 atom stereocenters. The van der Waals surface area contributed by atoms with Gasteiger partial charge in [-0.1, -0.05) is 12.1 Å². The summed E-state index contributed by atoms with van der Waals surface area (Å²) in [5, 5.41) is 11.5. The molecule has 0 radical (unpaired) electrons. The molecule has 0 spiro atoms. The van der Waals surface area contributed by atoms with Gasteiger partial charge in [-0.15, -0.1) is 0 Å². The molecule has 2 aromatic rings. The summed E-state index contributed by atoms with van der Waals surface area (Å²) in [7, 11) is 0. The van der Waals surface area contributed by atoms with Crippen LogP contribution in [0.3, 0.4) is 0 Å². The Labute approximate surface area is 156 Å². The van der Waals surface area contributed by atoms with Gasteiger partial charge in [-0.2, -0.15) is 0 Å². The number of carboxylic acid groups (broad SMARTS) is 1. The lowest BCUT2D eigenvalue weighted by Gasteiger charge is -2.15. The number of carbonyl (C=O) groups excluding carboxylic acids is 2. The minimum Gasteiger partial charge on any atom is -0.482 e. The van der Waals surface area contributed by atoms with Gasteiger partial charge in [0.25, 0.3) is 5.91 Å². The summed E-state index contributed by atoms with van der Waals surface area (Å²) < 4.78 is 5.13. The van der Waals surface area contributed by atoms with Crippen molar-refractivity contribution in [1.82, 2.24) is 5.32 Å². The van der Waals surface area contributed by atoms with Crippen molar-refractivity contribution in [2.75, 3.05) is 18.1 Å². The molecule has 2 aromatic carbocycles. The largest absolute Gasteiger partial charge is 0.482 e. The van der Waals surface area contributed by atoms with Gasteiger partial charge < -0.3 is 20.1 Å². The zero-order valence-corrected chi connectivity index (χ0v) is 14.7. The average molecular weight is 368 g/mol. The maximum Gasteiger partial charge on any atom is 0.341 e. The van der Waals surface area contributed by atoms with Gasteiger partial charge in [0.2, 0.25) is 5.91 Å². The summed E-state index contributed by atoms with van der Waals surface area (Å²) in [4.78, 5) is 36.4. The summed E-state index contributed by atoms with van der Waals surface area (Å²) in [5.74, 6) is -0.736. The van der Waals surface area contributed by atoms with Crippen molar-refractivity contribution in [3.63, 3.8) is 0 Å². The summed E-state index contributed by atoms with van der Waals surface area (Å²) in [6, 6.07) is 13.8. The fourth-order valence-electron chi connectivity index (χ4n) is 2.89. The summed E-state index contributed by atoms with van der Waals surface area (Å²) >= 11 is 0. The van der Waals surface area contributed by atoms with E-state index in [4.69, 9.17) is 9.84 Å². The maximum absolute atomic E-state index is 12.3. The fourth-order valence-corrected chi connectivity index (χ4v) is 2.89. The molecular weight excluding hydrogens is 348 g/mol. The van der Waals surface area contributed by atoms with Crippen LogP contribution in [-0.2, 0) is 16.1 Å². The first kappa shape index (κ1) is 18.4. The highest BCUT2D eigenvalue weighted by atomic mass is 16.5. The van der Waals surface area contributed by atoms with Crippen LogP contribution < -0.4 is 15.0 Å². The van der Waals surface area contributed by atoms with E-state index in [1.165, 1.54) is 0 Å². The molecule has 2 N–H and O–H groups in total. The highest BCUT2D eigenvalue weighted by molar-refractivity contribution is 5.97. The minimum absolute atomic E-state index is 0.109. The molecule has 140 valence electrons. The summed E-state index contributed by atoms with van der Waals surface area (Å²) in [6.07, 6.45) is 1.42. The first-order valence-electron chi connectivity index (χ1n) is 8.65. The van der Waals surface area contributed by atoms with E-state index in [9.17, 15) is 14.4 Å². The van der Waals surface area contributed by atoms with Crippen molar-refractivity contribution in [3.05, 3.63) is 59.7 Å². The molecule has 2 amide bonds. The number of anilines is 1. The molecule has 1 aliphatic heterocycles. The lowest BCUT2D eigenvalue weighted by molar-refractivity contribution is -0.139. The number of amides is 2. The van der Waals surface area contributed by atoms with Crippen molar-refractivity contribution in [3.8, 4) is 5.75 Å². The Morgan fingerprint density at radius 2 is 1.93 bits per heavy atom. The van der Waals surface area contributed by atoms with E-state index in [1.807, 2.05) is 6.07 Å². The zero-order chi connectivity index (χ0) is 19.2. The molecular formula is C20H20N2O5. The normalized spacial score (nSPS) is 13.5. The molecule has 7 nitrogen and oxygen atoms in total. The van der Waals surface area contributed by atoms with E-state index >= 15 is 0 Å². The van der Waals surface area contributed by atoms with Gasteiger partial charge in [0, 0.05) is 30.8 Å². The Bertz CT molecular complexity index is 848. The predicted molar refractivity (Wildman–Crippen MR) is 98.8 cm³/mol. The average Bonchev–Trinajstić information content (AvgIpc) is 3.11. The van der Waals surface area contributed by atoms with Crippen LogP contribution in [0.15, 0.2) is 48.5 Å². The van der Waals surface area contributed by atoms with E-state index in [2.05, 4.69) is 5.32 Å².